The lowest BCUT2D eigenvalue weighted by Gasteiger charge is -2.06. The van der Waals surface area contributed by atoms with Crippen LogP contribution in [-0.2, 0) is 0 Å². The van der Waals surface area contributed by atoms with Crippen LogP contribution in [0.3, 0.4) is 0 Å². The van der Waals surface area contributed by atoms with Crippen LogP contribution in [0.25, 0.3) is 0 Å². The molecule has 0 radical (unpaired) electrons. The fourth-order valence-electron chi connectivity index (χ4n) is 1.40. The molecular formula is C12H13N3O3. The van der Waals surface area contributed by atoms with Crippen molar-refractivity contribution in [3.8, 4) is 5.75 Å². The fraction of sp³-hybridized carbons (Fsp3) is 0.167. The average Bonchev–Trinajstić information content (AvgIpc) is 2.74. The molecule has 1 aromatic heterocycles. The molecule has 1 heterocycles. The highest BCUT2D eigenvalue weighted by Gasteiger charge is 2.06. The van der Waals surface area contributed by atoms with Crippen molar-refractivity contribution >= 4 is 17.6 Å². The van der Waals surface area contributed by atoms with E-state index in [1.54, 1.807) is 44.4 Å². The minimum absolute atomic E-state index is 0.299. The lowest BCUT2D eigenvalue weighted by Crippen LogP contribution is -2.18. The highest BCUT2D eigenvalue weighted by Crippen LogP contribution is 2.17. The van der Waals surface area contributed by atoms with Crippen LogP contribution in [0, 0.1) is 6.92 Å². The second-order valence-corrected chi connectivity index (χ2v) is 3.64. The zero-order valence-electron chi connectivity index (χ0n) is 10.1. The van der Waals surface area contributed by atoms with Crippen molar-refractivity contribution in [2.75, 3.05) is 17.7 Å². The minimum atomic E-state index is -0.403. The largest absolute Gasteiger partial charge is 0.497 e. The van der Waals surface area contributed by atoms with Gasteiger partial charge in [0.2, 0.25) is 5.88 Å². The number of aromatic nitrogens is 1. The SMILES string of the molecule is COc1cccc(NC(=O)Nc2cc(C)no2)c1. The number of nitrogens with zero attached hydrogens (tertiary/aromatic N) is 1. The average molecular weight is 247 g/mol. The Labute approximate surface area is 104 Å². The van der Waals surface area contributed by atoms with E-state index in [2.05, 4.69) is 15.8 Å². The van der Waals surface area contributed by atoms with Gasteiger partial charge in [0.1, 0.15) is 5.75 Å². The van der Waals surface area contributed by atoms with Crippen LogP contribution in [0.1, 0.15) is 5.69 Å². The number of ether oxygens (including phenoxy) is 1. The summed E-state index contributed by atoms with van der Waals surface area (Å²) in [4.78, 5) is 11.6. The Balaban J connectivity index is 1.98. The second kappa shape index (κ2) is 5.22. The smallest absolute Gasteiger partial charge is 0.326 e. The van der Waals surface area contributed by atoms with Gasteiger partial charge >= 0.3 is 6.03 Å². The number of benzene rings is 1. The monoisotopic (exact) mass is 247 g/mol. The van der Waals surface area contributed by atoms with Crippen LogP contribution in [0.5, 0.6) is 5.75 Å². The molecule has 0 aliphatic carbocycles. The molecule has 0 fully saturated rings. The van der Waals surface area contributed by atoms with E-state index in [9.17, 15) is 4.79 Å². The summed E-state index contributed by atoms with van der Waals surface area (Å²) < 4.78 is 9.93. The van der Waals surface area contributed by atoms with Gasteiger partial charge in [-0.2, -0.15) is 0 Å². The summed E-state index contributed by atoms with van der Waals surface area (Å²) in [6.07, 6.45) is 0. The third-order valence-electron chi connectivity index (χ3n) is 2.19. The van der Waals surface area contributed by atoms with E-state index in [0.29, 0.717) is 23.0 Å². The van der Waals surface area contributed by atoms with E-state index in [4.69, 9.17) is 9.26 Å². The number of urea groups is 1. The molecule has 2 rings (SSSR count). The van der Waals surface area contributed by atoms with Gasteiger partial charge in [-0.25, -0.2) is 4.79 Å². The van der Waals surface area contributed by atoms with Crippen molar-refractivity contribution in [2.45, 2.75) is 6.92 Å². The summed E-state index contributed by atoms with van der Waals surface area (Å²) in [5.74, 6) is 0.969. The maximum absolute atomic E-state index is 11.6. The van der Waals surface area contributed by atoms with Crippen LogP contribution >= 0.6 is 0 Å². The highest BCUT2D eigenvalue weighted by atomic mass is 16.5. The normalized spacial score (nSPS) is 9.89. The molecule has 0 aliphatic rings. The number of hydrogen-bond donors (Lipinski definition) is 2. The van der Waals surface area contributed by atoms with Crippen LogP contribution in [0.15, 0.2) is 34.9 Å². The highest BCUT2D eigenvalue weighted by molar-refractivity contribution is 5.98. The molecule has 0 saturated carbocycles. The zero-order chi connectivity index (χ0) is 13.0. The summed E-state index contributed by atoms with van der Waals surface area (Å²) in [6.45, 7) is 1.77. The second-order valence-electron chi connectivity index (χ2n) is 3.64. The molecule has 2 N–H and O–H groups in total. The van der Waals surface area contributed by atoms with Gasteiger partial charge < -0.3 is 14.6 Å². The first-order valence-corrected chi connectivity index (χ1v) is 5.33. The van der Waals surface area contributed by atoms with Gasteiger partial charge in [-0.15, -0.1) is 0 Å². The third kappa shape index (κ3) is 3.00. The Kier molecular flexibility index (Phi) is 3.47. The summed E-state index contributed by atoms with van der Waals surface area (Å²) in [5.41, 5.74) is 1.33. The van der Waals surface area contributed by atoms with Crippen LogP contribution in [-0.4, -0.2) is 18.3 Å². The van der Waals surface area contributed by atoms with Gasteiger partial charge in [-0.3, -0.25) is 5.32 Å². The number of methoxy groups -OCH3 is 1. The molecule has 1 aromatic carbocycles. The summed E-state index contributed by atoms with van der Waals surface area (Å²) in [7, 11) is 1.57. The Bertz CT molecular complexity index is 551. The molecule has 0 atom stereocenters. The number of hydrogen-bond acceptors (Lipinski definition) is 4. The molecule has 6 heteroatoms. The van der Waals surface area contributed by atoms with E-state index >= 15 is 0 Å². The molecular weight excluding hydrogens is 234 g/mol. The first-order valence-electron chi connectivity index (χ1n) is 5.33. The lowest BCUT2D eigenvalue weighted by molar-refractivity contribution is 0.261. The van der Waals surface area contributed by atoms with Crippen LogP contribution in [0.2, 0.25) is 0 Å². The van der Waals surface area contributed by atoms with Gasteiger partial charge in [0.15, 0.2) is 0 Å². The molecule has 0 spiro atoms. The van der Waals surface area contributed by atoms with Crippen molar-refractivity contribution < 1.29 is 14.1 Å². The number of anilines is 2. The molecule has 94 valence electrons. The minimum Gasteiger partial charge on any atom is -0.497 e. The van der Waals surface area contributed by atoms with Gasteiger partial charge in [-0.05, 0) is 19.1 Å². The lowest BCUT2D eigenvalue weighted by atomic mass is 10.3. The zero-order valence-corrected chi connectivity index (χ0v) is 10.1. The predicted molar refractivity (Wildman–Crippen MR) is 66.9 cm³/mol. The van der Waals surface area contributed by atoms with Crippen molar-refractivity contribution in [2.24, 2.45) is 0 Å². The molecule has 0 aliphatic heterocycles. The molecule has 0 bridgehead atoms. The van der Waals surface area contributed by atoms with E-state index in [-0.39, 0.29) is 0 Å². The number of carbonyl (C=O) groups is 1. The Morgan fingerprint density at radius 1 is 1.33 bits per heavy atom. The molecule has 6 nitrogen and oxygen atoms in total. The standard InChI is InChI=1S/C12H13N3O3/c1-8-6-11(18-15-8)14-12(16)13-9-4-3-5-10(7-9)17-2/h3-7H,1-2H3,(H2,13,14,16). The fourth-order valence-corrected chi connectivity index (χ4v) is 1.40. The number of carbonyl (C=O) groups excluding carboxylic acids is 1. The van der Waals surface area contributed by atoms with Gasteiger partial charge in [-0.1, -0.05) is 11.2 Å². The topological polar surface area (TPSA) is 76.4 Å². The van der Waals surface area contributed by atoms with Gasteiger partial charge in [0.05, 0.1) is 12.8 Å². The maximum Gasteiger partial charge on any atom is 0.326 e. The van der Waals surface area contributed by atoms with Crippen LogP contribution in [0.4, 0.5) is 16.4 Å². The first kappa shape index (κ1) is 12.0. The summed E-state index contributed by atoms with van der Waals surface area (Å²) in [6, 6.07) is 8.28. The molecule has 0 unspecified atom stereocenters. The van der Waals surface area contributed by atoms with Gasteiger partial charge in [0.25, 0.3) is 0 Å². The molecule has 18 heavy (non-hydrogen) atoms. The predicted octanol–water partition coefficient (Wildman–Crippen LogP) is 2.64. The molecule has 2 aromatic rings. The first-order chi connectivity index (χ1) is 8.67. The Morgan fingerprint density at radius 2 is 2.17 bits per heavy atom. The van der Waals surface area contributed by atoms with E-state index < -0.39 is 6.03 Å². The van der Waals surface area contributed by atoms with Crippen LogP contribution < -0.4 is 15.4 Å². The summed E-state index contributed by atoms with van der Waals surface area (Å²) >= 11 is 0. The quantitative estimate of drug-likeness (QED) is 0.874. The number of rotatable bonds is 3. The van der Waals surface area contributed by atoms with Crippen molar-refractivity contribution in [3.05, 3.63) is 36.0 Å². The van der Waals surface area contributed by atoms with E-state index in [0.717, 1.165) is 0 Å². The molecule has 0 saturated heterocycles. The number of amides is 2. The Hall–Kier alpha value is -2.50. The maximum atomic E-state index is 11.6. The van der Waals surface area contributed by atoms with Gasteiger partial charge in [0, 0.05) is 17.8 Å². The van der Waals surface area contributed by atoms with E-state index in [1.165, 1.54) is 0 Å². The Morgan fingerprint density at radius 3 is 2.83 bits per heavy atom. The summed E-state index contributed by atoms with van der Waals surface area (Å²) in [5, 5.41) is 8.85. The third-order valence-corrected chi connectivity index (χ3v) is 2.19. The van der Waals surface area contributed by atoms with Crippen molar-refractivity contribution in [1.29, 1.82) is 0 Å². The van der Waals surface area contributed by atoms with E-state index in [1.807, 2.05) is 0 Å². The van der Waals surface area contributed by atoms with Crippen molar-refractivity contribution in [1.82, 2.24) is 5.16 Å². The number of nitrogens with one attached hydrogen (secondary N) is 2. The van der Waals surface area contributed by atoms with Crippen molar-refractivity contribution in [3.63, 3.8) is 0 Å². The molecule has 2 amide bonds. The number of aryl methyl sites for hydroxylation is 1.